The number of hydrogen-bond donors (Lipinski definition) is 3. The Morgan fingerprint density at radius 1 is 1.60 bits per heavy atom. The molecule has 5 nitrogen and oxygen atoms in total. The fraction of sp³-hybridized carbons (Fsp3) is 0.400. The van der Waals surface area contributed by atoms with Crippen LogP contribution in [0.5, 0.6) is 0 Å². The van der Waals surface area contributed by atoms with Crippen LogP contribution in [0, 0.1) is 6.54 Å². The molecule has 0 aromatic heterocycles. The molecule has 0 atom stereocenters. The summed E-state index contributed by atoms with van der Waals surface area (Å²) in [5.74, 6) is -1.17. The van der Waals surface area contributed by atoms with Crippen LogP contribution >= 0.6 is 0 Å². The predicted molar refractivity (Wildman–Crippen MR) is 34.1 cm³/mol. The van der Waals surface area contributed by atoms with E-state index >= 15 is 0 Å². The number of carboxylic acid groups (broad SMARTS) is 1. The van der Waals surface area contributed by atoms with Crippen LogP contribution in [0.15, 0.2) is 0 Å². The third kappa shape index (κ3) is 4.89. The highest BCUT2D eigenvalue weighted by molar-refractivity contribution is 5.84. The van der Waals surface area contributed by atoms with Gasteiger partial charge in [0.15, 0.2) is 6.54 Å². The lowest BCUT2D eigenvalue weighted by Crippen LogP contribution is -2.35. The van der Waals surface area contributed by atoms with Gasteiger partial charge in [0.2, 0.25) is 0 Å². The predicted octanol–water partition coefficient (Wildman–Crippen LogP) is -0.448. The molecular formula is C5H9N2O3. The Balaban J connectivity index is 3.30. The number of aliphatic carboxylic acids is 1. The average Bonchev–Trinajstić information content (AvgIpc) is 1.85. The molecular weight excluding hydrogens is 136 g/mol. The molecule has 1 radical (unpaired) electrons. The zero-order valence-electron chi connectivity index (χ0n) is 5.55. The van der Waals surface area contributed by atoms with Crippen LogP contribution in [0.4, 0.5) is 4.79 Å². The third-order valence-corrected chi connectivity index (χ3v) is 0.664. The molecule has 10 heavy (non-hydrogen) atoms. The van der Waals surface area contributed by atoms with Crippen LogP contribution < -0.4 is 10.6 Å². The van der Waals surface area contributed by atoms with Gasteiger partial charge in [0.1, 0.15) is 0 Å². The van der Waals surface area contributed by atoms with E-state index in [9.17, 15) is 9.59 Å². The fourth-order valence-corrected chi connectivity index (χ4v) is 0.339. The summed E-state index contributed by atoms with van der Waals surface area (Å²) in [7, 11) is 0. The van der Waals surface area contributed by atoms with Gasteiger partial charge in [0.05, 0.1) is 0 Å². The molecule has 0 aliphatic rings. The lowest BCUT2D eigenvalue weighted by Gasteiger charge is -2.00. The molecule has 0 heterocycles. The number of urea groups is 1. The number of carboxylic acids is 1. The quantitative estimate of drug-likeness (QED) is 0.503. The average molecular weight is 145 g/mol. The van der Waals surface area contributed by atoms with Crippen molar-refractivity contribution in [2.45, 2.75) is 6.92 Å². The Morgan fingerprint density at radius 2 is 2.20 bits per heavy atom. The summed E-state index contributed by atoms with van der Waals surface area (Å²) in [5.41, 5.74) is 0. The molecule has 0 spiro atoms. The van der Waals surface area contributed by atoms with Crippen molar-refractivity contribution in [3.63, 3.8) is 0 Å². The Labute approximate surface area is 58.4 Å². The van der Waals surface area contributed by atoms with Gasteiger partial charge in [-0.1, -0.05) is 0 Å². The van der Waals surface area contributed by atoms with E-state index in [1.54, 1.807) is 6.92 Å². The summed E-state index contributed by atoms with van der Waals surface area (Å²) in [6.45, 7) is 2.88. The van der Waals surface area contributed by atoms with Gasteiger partial charge in [-0.05, 0) is 6.92 Å². The van der Waals surface area contributed by atoms with Gasteiger partial charge >= 0.3 is 12.0 Å². The van der Waals surface area contributed by atoms with E-state index < -0.39 is 12.0 Å². The zero-order chi connectivity index (χ0) is 7.98. The van der Waals surface area contributed by atoms with Gasteiger partial charge in [-0.3, -0.25) is 0 Å². The lowest BCUT2D eigenvalue weighted by molar-refractivity contribution is -0.133. The van der Waals surface area contributed by atoms with Crippen LogP contribution in [-0.2, 0) is 4.79 Å². The van der Waals surface area contributed by atoms with E-state index in [1.807, 2.05) is 5.32 Å². The van der Waals surface area contributed by atoms with Gasteiger partial charge in [0, 0.05) is 6.54 Å². The number of amides is 2. The van der Waals surface area contributed by atoms with Gasteiger partial charge in [-0.2, -0.15) is 0 Å². The fourth-order valence-electron chi connectivity index (χ4n) is 0.339. The number of hydrogen-bond acceptors (Lipinski definition) is 2. The molecule has 2 amide bonds. The Kier molecular flexibility index (Phi) is 4.02. The molecule has 0 aliphatic heterocycles. The molecule has 0 bridgehead atoms. The van der Waals surface area contributed by atoms with Crippen molar-refractivity contribution < 1.29 is 14.7 Å². The number of carbonyl (C=O) groups excluding carboxylic acids is 1. The summed E-state index contributed by atoms with van der Waals surface area (Å²) >= 11 is 0. The van der Waals surface area contributed by atoms with Gasteiger partial charge in [-0.15, -0.1) is 0 Å². The molecule has 3 N–H and O–H groups in total. The second kappa shape index (κ2) is 4.60. The summed E-state index contributed by atoms with van der Waals surface area (Å²) in [5, 5.41) is 12.4. The first-order chi connectivity index (χ1) is 4.66. The topological polar surface area (TPSA) is 78.4 Å². The van der Waals surface area contributed by atoms with Gasteiger partial charge in [0.25, 0.3) is 0 Å². The molecule has 0 saturated carbocycles. The minimum atomic E-state index is -1.17. The van der Waals surface area contributed by atoms with Crippen molar-refractivity contribution in [3.05, 3.63) is 6.54 Å². The molecule has 5 heteroatoms. The normalized spacial score (nSPS) is 8.50. The summed E-state index contributed by atoms with van der Waals surface area (Å²) in [4.78, 5) is 20.2. The second-order valence-corrected chi connectivity index (χ2v) is 1.49. The maximum atomic E-state index is 10.4. The van der Waals surface area contributed by atoms with Crippen LogP contribution in [0.1, 0.15) is 6.92 Å². The molecule has 0 aromatic rings. The first-order valence-corrected chi connectivity index (χ1v) is 2.77. The molecule has 0 aromatic carbocycles. The SMILES string of the molecule is CCNC(=O)N[CH]C(=O)O. The molecule has 0 aliphatic carbocycles. The van der Waals surface area contributed by atoms with Crippen LogP contribution in [-0.4, -0.2) is 23.7 Å². The van der Waals surface area contributed by atoms with E-state index in [0.29, 0.717) is 13.1 Å². The molecule has 0 saturated heterocycles. The highest BCUT2D eigenvalue weighted by atomic mass is 16.4. The van der Waals surface area contributed by atoms with Crippen molar-refractivity contribution in [1.82, 2.24) is 10.6 Å². The van der Waals surface area contributed by atoms with E-state index in [1.165, 1.54) is 0 Å². The van der Waals surface area contributed by atoms with Gasteiger partial charge in [-0.25, -0.2) is 9.59 Å². The first kappa shape index (κ1) is 8.74. The minimum Gasteiger partial charge on any atom is -0.480 e. The summed E-state index contributed by atoms with van der Waals surface area (Å²) in [6, 6.07) is -0.509. The van der Waals surface area contributed by atoms with Crippen molar-refractivity contribution >= 4 is 12.0 Å². The summed E-state index contributed by atoms with van der Waals surface area (Å²) in [6.07, 6.45) is 0. The third-order valence-electron chi connectivity index (χ3n) is 0.664. The number of nitrogens with one attached hydrogen (secondary N) is 2. The molecule has 0 unspecified atom stereocenters. The van der Waals surface area contributed by atoms with E-state index in [4.69, 9.17) is 5.11 Å². The maximum absolute atomic E-state index is 10.4. The second-order valence-electron chi connectivity index (χ2n) is 1.49. The Bertz CT molecular complexity index is 135. The lowest BCUT2D eigenvalue weighted by atomic mass is 10.6. The van der Waals surface area contributed by atoms with Crippen molar-refractivity contribution in [2.24, 2.45) is 0 Å². The maximum Gasteiger partial charge on any atom is 0.329 e. The largest absolute Gasteiger partial charge is 0.480 e. The standard InChI is InChI=1S/C5H9N2O3/c1-2-6-5(10)7-3-4(8)9/h3H,2H2,1H3,(H,8,9)(H2,6,7,10). The van der Waals surface area contributed by atoms with E-state index in [0.717, 1.165) is 0 Å². The molecule has 0 rings (SSSR count). The molecule has 0 fully saturated rings. The number of carbonyl (C=O) groups is 2. The van der Waals surface area contributed by atoms with E-state index in [2.05, 4.69) is 5.32 Å². The van der Waals surface area contributed by atoms with Crippen LogP contribution in [0.2, 0.25) is 0 Å². The molecule has 57 valence electrons. The first-order valence-electron chi connectivity index (χ1n) is 2.77. The van der Waals surface area contributed by atoms with Crippen LogP contribution in [0.3, 0.4) is 0 Å². The highest BCUT2D eigenvalue weighted by Gasteiger charge is 2.00. The zero-order valence-corrected chi connectivity index (χ0v) is 5.55. The van der Waals surface area contributed by atoms with Crippen LogP contribution in [0.25, 0.3) is 0 Å². The smallest absolute Gasteiger partial charge is 0.329 e. The summed E-state index contributed by atoms with van der Waals surface area (Å²) < 4.78 is 0. The monoisotopic (exact) mass is 145 g/mol. The number of rotatable bonds is 3. The van der Waals surface area contributed by atoms with Gasteiger partial charge < -0.3 is 15.7 Å². The van der Waals surface area contributed by atoms with E-state index in [-0.39, 0.29) is 0 Å². The van der Waals surface area contributed by atoms with Crippen molar-refractivity contribution in [1.29, 1.82) is 0 Å². The Hall–Kier alpha value is -1.26. The van der Waals surface area contributed by atoms with Crippen molar-refractivity contribution in [3.8, 4) is 0 Å². The minimum absolute atomic E-state index is 0.472. The Morgan fingerprint density at radius 3 is 2.60 bits per heavy atom. The van der Waals surface area contributed by atoms with Crippen molar-refractivity contribution in [2.75, 3.05) is 6.54 Å². The highest BCUT2D eigenvalue weighted by Crippen LogP contribution is 1.69.